The molecule has 14 rings (SSSR count). The molecule has 8 bridgehead atoms. The molecule has 0 aliphatic rings. The van der Waals surface area contributed by atoms with Crippen LogP contribution >= 0.6 is 90.7 Å². The average Bonchev–Trinajstić information content (AvgIpc) is 3.27. The molecule has 12 heteroatoms. The number of para-hydroxylation sites is 8. The first-order valence-corrected chi connectivity index (χ1v) is 25.4. The van der Waals surface area contributed by atoms with E-state index in [0.717, 1.165) is 120 Å². The van der Waals surface area contributed by atoms with Crippen molar-refractivity contribution in [3.05, 3.63) is 146 Å². The lowest BCUT2D eigenvalue weighted by Gasteiger charge is -2.06. The van der Waals surface area contributed by atoms with Crippen molar-refractivity contribution in [2.75, 3.05) is 0 Å². The first-order valence-electron chi connectivity index (χ1n) is 18.9. The maximum Gasteiger partial charge on any atom is 0.161 e. The third-order valence-electron chi connectivity index (χ3n) is 10.1. The summed E-state index contributed by atoms with van der Waals surface area (Å²) >= 11 is 13.9. The molecule has 60 heavy (non-hydrogen) atoms. The average molecular weight is 921 g/mol. The molecule has 0 N–H and O–H groups in total. The SMILES string of the molecule is c1cc2sc3cccc4sc5cccc6sc7cccc(sc(c1)c2oc34)c7oc65.c1cc2sc3cccc4sc5cccc6sc7cccc(sc(c1)c2oc34)c7oc65. The number of rotatable bonds is 0. The lowest BCUT2D eigenvalue weighted by atomic mass is 10.3. The molecule has 0 unspecified atom stereocenters. The number of hydrogen-bond donors (Lipinski definition) is 0. The second kappa shape index (κ2) is 14.2. The maximum atomic E-state index is 6.58. The zero-order valence-electron chi connectivity index (χ0n) is 30.8. The van der Waals surface area contributed by atoms with Crippen LogP contribution in [0.1, 0.15) is 0 Å². The molecule has 0 radical (unpaired) electrons. The van der Waals surface area contributed by atoms with Crippen molar-refractivity contribution in [3.63, 3.8) is 0 Å². The number of benzene rings is 8. The molecule has 6 heterocycles. The van der Waals surface area contributed by atoms with Crippen molar-refractivity contribution in [1.82, 2.24) is 0 Å². The molecule has 4 nitrogen and oxygen atoms in total. The highest BCUT2D eigenvalue weighted by molar-refractivity contribution is 7.31. The van der Waals surface area contributed by atoms with Crippen molar-refractivity contribution >= 4 is 211 Å². The summed E-state index contributed by atoms with van der Waals surface area (Å²) in [5.74, 6) is 0. The largest absolute Gasteiger partial charge is 0.451 e. The minimum atomic E-state index is 0.934. The summed E-state index contributed by atoms with van der Waals surface area (Å²) < 4.78 is 44.3. The molecule has 14 aromatic rings. The Morgan fingerprint density at radius 3 is 0.367 bits per heavy atom. The van der Waals surface area contributed by atoms with Crippen molar-refractivity contribution in [2.45, 2.75) is 0 Å². The van der Waals surface area contributed by atoms with Gasteiger partial charge < -0.3 is 17.7 Å². The van der Waals surface area contributed by atoms with E-state index in [2.05, 4.69) is 146 Å². The van der Waals surface area contributed by atoms with E-state index in [1.807, 2.05) is 0 Å². The van der Waals surface area contributed by atoms with Gasteiger partial charge in [-0.25, -0.2) is 0 Å². The molecule has 0 aliphatic heterocycles. The molecule has 0 aliphatic carbocycles. The first-order chi connectivity index (χ1) is 29.7. The van der Waals surface area contributed by atoms with Gasteiger partial charge in [-0.1, -0.05) is 48.5 Å². The summed E-state index contributed by atoms with van der Waals surface area (Å²) in [5, 5.41) is 0. The van der Waals surface area contributed by atoms with Gasteiger partial charge in [-0.15, -0.1) is 90.7 Å². The van der Waals surface area contributed by atoms with Gasteiger partial charge in [0.2, 0.25) is 0 Å². The molecule has 6 aromatic heterocycles. The van der Waals surface area contributed by atoms with Crippen molar-refractivity contribution in [3.8, 4) is 0 Å². The fourth-order valence-corrected chi connectivity index (χ4v) is 16.1. The Kier molecular flexibility index (Phi) is 8.37. The summed E-state index contributed by atoms with van der Waals surface area (Å²) in [6, 6.07) is 50.9. The predicted molar refractivity (Wildman–Crippen MR) is 268 cm³/mol. The molecular formula is C48H24O4S8. The summed E-state index contributed by atoms with van der Waals surface area (Å²) in [4.78, 5) is 0. The molecular weight excluding hydrogens is 897 g/mol. The topological polar surface area (TPSA) is 52.6 Å². The zero-order valence-corrected chi connectivity index (χ0v) is 37.3. The summed E-state index contributed by atoms with van der Waals surface area (Å²) in [6.45, 7) is 0. The molecule has 0 saturated heterocycles. The van der Waals surface area contributed by atoms with E-state index in [9.17, 15) is 0 Å². The fourth-order valence-electron chi connectivity index (χ4n) is 7.41. The first kappa shape index (κ1) is 35.5. The van der Waals surface area contributed by atoms with E-state index in [4.69, 9.17) is 17.7 Å². The molecule has 8 aromatic carbocycles. The smallest absolute Gasteiger partial charge is 0.161 e. The molecule has 0 saturated carbocycles. The van der Waals surface area contributed by atoms with Crippen LogP contribution in [0.15, 0.2) is 163 Å². The third-order valence-corrected chi connectivity index (χ3v) is 18.8. The highest BCUT2D eigenvalue weighted by Crippen LogP contribution is 2.42. The van der Waals surface area contributed by atoms with Gasteiger partial charge in [-0.2, -0.15) is 0 Å². The Hall–Kier alpha value is -5.28. The molecule has 0 fully saturated rings. The lowest BCUT2D eigenvalue weighted by molar-refractivity contribution is 0.670. The van der Waals surface area contributed by atoms with Crippen molar-refractivity contribution < 1.29 is 17.7 Å². The van der Waals surface area contributed by atoms with Crippen molar-refractivity contribution in [2.24, 2.45) is 0 Å². The Bertz CT molecular complexity index is 3390. The van der Waals surface area contributed by atoms with Crippen LogP contribution in [-0.2, 0) is 0 Å². The van der Waals surface area contributed by atoms with E-state index in [0.29, 0.717) is 0 Å². The van der Waals surface area contributed by atoms with Crippen LogP contribution in [-0.4, -0.2) is 0 Å². The molecule has 0 atom stereocenters. The third kappa shape index (κ3) is 5.89. The second-order valence-electron chi connectivity index (χ2n) is 13.9. The maximum absolute atomic E-state index is 6.58. The highest BCUT2D eigenvalue weighted by Gasteiger charge is 2.13. The predicted octanol–water partition coefficient (Wildman–Crippen LogP) is 19.4. The Morgan fingerprint density at radius 2 is 0.267 bits per heavy atom. The van der Waals surface area contributed by atoms with Crippen LogP contribution < -0.4 is 0 Å². The molecule has 0 amide bonds. The molecule has 0 spiro atoms. The lowest BCUT2D eigenvalue weighted by Crippen LogP contribution is -1.77. The van der Waals surface area contributed by atoms with E-state index in [-0.39, 0.29) is 0 Å². The van der Waals surface area contributed by atoms with Crippen LogP contribution in [0.4, 0.5) is 0 Å². The van der Waals surface area contributed by atoms with Crippen LogP contribution in [0, 0.1) is 0 Å². The van der Waals surface area contributed by atoms with Crippen molar-refractivity contribution in [1.29, 1.82) is 0 Å². The van der Waals surface area contributed by atoms with Gasteiger partial charge >= 0.3 is 0 Å². The zero-order chi connectivity index (χ0) is 39.3. The van der Waals surface area contributed by atoms with E-state index >= 15 is 0 Å². The Morgan fingerprint density at radius 1 is 0.167 bits per heavy atom. The summed E-state index contributed by atoms with van der Waals surface area (Å²) in [6.07, 6.45) is 0. The van der Waals surface area contributed by atoms with Gasteiger partial charge in [-0.05, 0) is 97.1 Å². The Labute approximate surface area is 370 Å². The van der Waals surface area contributed by atoms with Crippen LogP contribution in [0.2, 0.25) is 0 Å². The van der Waals surface area contributed by atoms with Gasteiger partial charge in [0.1, 0.15) is 0 Å². The van der Waals surface area contributed by atoms with E-state index in [1.165, 1.54) is 0 Å². The monoisotopic (exact) mass is 920 g/mol. The van der Waals surface area contributed by atoms with Gasteiger partial charge in [0.05, 0.1) is 75.2 Å². The quantitative estimate of drug-likeness (QED) is 0.142. The summed E-state index contributed by atoms with van der Waals surface area (Å²) in [5.41, 5.74) is 7.47. The van der Waals surface area contributed by atoms with Gasteiger partial charge in [0, 0.05) is 0 Å². The second-order valence-corrected chi connectivity index (χ2v) is 22.6. The summed E-state index contributed by atoms with van der Waals surface area (Å²) in [7, 11) is 0. The fraction of sp³-hybridized carbons (Fsp3) is 0. The van der Waals surface area contributed by atoms with E-state index < -0.39 is 0 Å². The van der Waals surface area contributed by atoms with Gasteiger partial charge in [0.25, 0.3) is 0 Å². The van der Waals surface area contributed by atoms with Crippen LogP contribution in [0.3, 0.4) is 0 Å². The van der Waals surface area contributed by atoms with Crippen LogP contribution in [0.25, 0.3) is 120 Å². The number of hydrogen-bond acceptors (Lipinski definition) is 12. The highest BCUT2D eigenvalue weighted by atomic mass is 32.1. The Balaban J connectivity index is 0.000000123. The van der Waals surface area contributed by atoms with Gasteiger partial charge in [-0.3, -0.25) is 0 Å². The van der Waals surface area contributed by atoms with Gasteiger partial charge in [0.15, 0.2) is 44.7 Å². The van der Waals surface area contributed by atoms with Crippen LogP contribution in [0.5, 0.6) is 0 Å². The normalized spacial score (nSPS) is 12.0. The minimum absolute atomic E-state index is 0.934. The minimum Gasteiger partial charge on any atom is -0.451 e. The molecule has 288 valence electrons. The van der Waals surface area contributed by atoms with E-state index in [1.54, 1.807) is 90.7 Å². The standard InChI is InChI=1S/2C24H12O2S4/c2*1-5-13-21-17(9-1)29-18-10-3-7-15-23(18)26-24-16(28-15)8-4-12-20(24)30-19-11-2-6-14(27-13)22(19)25-21/h2*1-12H.